The van der Waals surface area contributed by atoms with Gasteiger partial charge in [-0.15, -0.1) is 0 Å². The molecule has 0 saturated carbocycles. The summed E-state index contributed by atoms with van der Waals surface area (Å²) in [6.07, 6.45) is 4.58. The van der Waals surface area contributed by atoms with Gasteiger partial charge >= 0.3 is 0 Å². The molecule has 0 aliphatic rings. The van der Waals surface area contributed by atoms with Crippen molar-refractivity contribution in [3.05, 3.63) is 59.9 Å². The summed E-state index contributed by atoms with van der Waals surface area (Å²) in [6.45, 7) is 3.31. The molecular formula is C16H20N2O. The first-order valence-electron chi connectivity index (χ1n) is 6.65. The van der Waals surface area contributed by atoms with Crippen LogP contribution in [0.2, 0.25) is 0 Å². The summed E-state index contributed by atoms with van der Waals surface area (Å²) in [5, 5.41) is 0. The minimum atomic E-state index is 0.332. The van der Waals surface area contributed by atoms with E-state index >= 15 is 0 Å². The highest BCUT2D eigenvalue weighted by molar-refractivity contribution is 5.31. The van der Waals surface area contributed by atoms with E-state index in [0.717, 1.165) is 12.2 Å². The third kappa shape index (κ3) is 3.80. The first kappa shape index (κ1) is 13.6. The van der Waals surface area contributed by atoms with Gasteiger partial charge in [0.25, 0.3) is 0 Å². The Balaban J connectivity index is 2.08. The van der Waals surface area contributed by atoms with Crippen LogP contribution in [0.5, 0.6) is 5.75 Å². The first-order valence-corrected chi connectivity index (χ1v) is 6.65. The van der Waals surface area contributed by atoms with Gasteiger partial charge in [-0.25, -0.2) is 0 Å². The second-order valence-corrected chi connectivity index (χ2v) is 4.49. The Morgan fingerprint density at radius 1 is 1.11 bits per heavy atom. The van der Waals surface area contributed by atoms with Gasteiger partial charge in [0.2, 0.25) is 0 Å². The third-order valence-corrected chi connectivity index (χ3v) is 3.18. The topological polar surface area (TPSA) is 48.1 Å². The van der Waals surface area contributed by atoms with E-state index in [2.05, 4.69) is 17.1 Å². The summed E-state index contributed by atoms with van der Waals surface area (Å²) < 4.78 is 5.45. The Labute approximate surface area is 114 Å². The molecule has 100 valence electrons. The van der Waals surface area contributed by atoms with E-state index in [-0.39, 0.29) is 0 Å². The lowest BCUT2D eigenvalue weighted by atomic mass is 9.92. The number of hydrogen-bond donors (Lipinski definition) is 1. The van der Waals surface area contributed by atoms with Crippen LogP contribution in [0.1, 0.15) is 24.0 Å². The molecule has 0 saturated heterocycles. The van der Waals surface area contributed by atoms with Crippen LogP contribution in [-0.4, -0.2) is 18.1 Å². The number of nitrogens with two attached hydrogens (primary N) is 1. The van der Waals surface area contributed by atoms with E-state index in [0.29, 0.717) is 19.1 Å². The van der Waals surface area contributed by atoms with E-state index in [1.807, 2.05) is 43.6 Å². The quantitative estimate of drug-likeness (QED) is 0.864. The zero-order valence-corrected chi connectivity index (χ0v) is 11.3. The molecule has 0 fully saturated rings. The van der Waals surface area contributed by atoms with E-state index < -0.39 is 0 Å². The molecule has 0 amide bonds. The van der Waals surface area contributed by atoms with E-state index in [9.17, 15) is 0 Å². The largest absolute Gasteiger partial charge is 0.494 e. The number of pyridine rings is 1. The van der Waals surface area contributed by atoms with Crippen molar-refractivity contribution in [2.45, 2.75) is 19.3 Å². The zero-order valence-electron chi connectivity index (χ0n) is 11.3. The van der Waals surface area contributed by atoms with Crippen molar-refractivity contribution in [1.29, 1.82) is 0 Å². The van der Waals surface area contributed by atoms with Gasteiger partial charge in [-0.2, -0.15) is 0 Å². The molecule has 2 rings (SSSR count). The van der Waals surface area contributed by atoms with Crippen LogP contribution in [0.25, 0.3) is 0 Å². The van der Waals surface area contributed by atoms with E-state index in [1.165, 1.54) is 11.1 Å². The van der Waals surface area contributed by atoms with Gasteiger partial charge in [-0.05, 0) is 55.3 Å². The predicted molar refractivity (Wildman–Crippen MR) is 77.3 cm³/mol. The molecule has 1 unspecified atom stereocenters. The monoisotopic (exact) mass is 256 g/mol. The maximum Gasteiger partial charge on any atom is 0.119 e. The van der Waals surface area contributed by atoms with Crippen molar-refractivity contribution in [3.8, 4) is 5.75 Å². The Morgan fingerprint density at radius 2 is 1.79 bits per heavy atom. The SMILES string of the molecule is CCOc1ccc(C(CN)Cc2ccncc2)cc1. The maximum absolute atomic E-state index is 5.90. The average molecular weight is 256 g/mol. The molecule has 1 atom stereocenters. The van der Waals surface area contributed by atoms with Gasteiger partial charge in [-0.3, -0.25) is 4.98 Å². The standard InChI is InChI=1S/C16H20N2O/c1-2-19-16-5-3-14(4-6-16)15(12-17)11-13-7-9-18-10-8-13/h3-10,15H,2,11-12,17H2,1H3. The molecule has 1 aromatic carbocycles. The highest BCUT2D eigenvalue weighted by Gasteiger charge is 2.10. The summed E-state index contributed by atoms with van der Waals surface area (Å²) in [7, 11) is 0. The van der Waals surface area contributed by atoms with Crippen LogP contribution in [0.15, 0.2) is 48.8 Å². The average Bonchev–Trinajstić information content (AvgIpc) is 2.47. The number of benzene rings is 1. The van der Waals surface area contributed by atoms with E-state index in [1.54, 1.807) is 0 Å². The van der Waals surface area contributed by atoms with Gasteiger partial charge < -0.3 is 10.5 Å². The summed E-state index contributed by atoms with van der Waals surface area (Å²) in [6, 6.07) is 12.3. The maximum atomic E-state index is 5.90. The summed E-state index contributed by atoms with van der Waals surface area (Å²) in [4.78, 5) is 4.04. The van der Waals surface area contributed by atoms with Crippen molar-refractivity contribution in [3.63, 3.8) is 0 Å². The fourth-order valence-corrected chi connectivity index (χ4v) is 2.14. The zero-order chi connectivity index (χ0) is 13.5. The smallest absolute Gasteiger partial charge is 0.119 e. The molecule has 0 bridgehead atoms. The lowest BCUT2D eigenvalue weighted by Gasteiger charge is -2.15. The summed E-state index contributed by atoms with van der Waals surface area (Å²) in [5.41, 5.74) is 8.42. The molecule has 2 N–H and O–H groups in total. The minimum absolute atomic E-state index is 0.332. The molecule has 2 aromatic rings. The van der Waals surface area contributed by atoms with Gasteiger partial charge in [0.05, 0.1) is 6.61 Å². The first-order chi connectivity index (χ1) is 9.33. The molecule has 0 radical (unpaired) electrons. The van der Waals surface area contributed by atoms with Gasteiger partial charge in [0.15, 0.2) is 0 Å². The van der Waals surface area contributed by atoms with Crippen LogP contribution in [-0.2, 0) is 6.42 Å². The Kier molecular flexibility index (Phi) is 4.93. The predicted octanol–water partition coefficient (Wildman–Crippen LogP) is 2.77. The molecular weight excluding hydrogens is 236 g/mol. The number of rotatable bonds is 6. The highest BCUT2D eigenvalue weighted by Crippen LogP contribution is 2.22. The van der Waals surface area contributed by atoms with Crippen molar-refractivity contribution in [2.75, 3.05) is 13.2 Å². The lowest BCUT2D eigenvalue weighted by Crippen LogP contribution is -2.15. The molecule has 1 aromatic heterocycles. The molecule has 3 nitrogen and oxygen atoms in total. The normalized spacial score (nSPS) is 12.1. The fourth-order valence-electron chi connectivity index (χ4n) is 2.14. The molecule has 3 heteroatoms. The molecule has 0 spiro atoms. The molecule has 19 heavy (non-hydrogen) atoms. The van der Waals surface area contributed by atoms with Crippen molar-refractivity contribution < 1.29 is 4.74 Å². The number of nitrogens with zero attached hydrogens (tertiary/aromatic N) is 1. The Morgan fingerprint density at radius 3 is 2.37 bits per heavy atom. The lowest BCUT2D eigenvalue weighted by molar-refractivity contribution is 0.340. The summed E-state index contributed by atoms with van der Waals surface area (Å²) in [5.74, 6) is 1.24. The van der Waals surface area contributed by atoms with E-state index in [4.69, 9.17) is 10.5 Å². The summed E-state index contributed by atoms with van der Waals surface area (Å²) >= 11 is 0. The number of ether oxygens (including phenoxy) is 1. The molecule has 0 aliphatic carbocycles. The van der Waals surface area contributed by atoms with Crippen molar-refractivity contribution in [2.24, 2.45) is 5.73 Å². The third-order valence-electron chi connectivity index (χ3n) is 3.18. The number of hydrogen-bond acceptors (Lipinski definition) is 3. The Bertz CT molecular complexity index is 482. The Hall–Kier alpha value is -1.87. The van der Waals surface area contributed by atoms with Crippen LogP contribution in [0.3, 0.4) is 0 Å². The fraction of sp³-hybridized carbons (Fsp3) is 0.312. The van der Waals surface area contributed by atoms with Gasteiger partial charge in [0.1, 0.15) is 5.75 Å². The second-order valence-electron chi connectivity index (χ2n) is 4.49. The van der Waals surface area contributed by atoms with Crippen LogP contribution in [0.4, 0.5) is 0 Å². The molecule has 0 aliphatic heterocycles. The van der Waals surface area contributed by atoms with Crippen LogP contribution >= 0.6 is 0 Å². The second kappa shape index (κ2) is 6.90. The van der Waals surface area contributed by atoms with Crippen molar-refractivity contribution in [1.82, 2.24) is 4.98 Å². The van der Waals surface area contributed by atoms with Crippen LogP contribution in [0, 0.1) is 0 Å². The van der Waals surface area contributed by atoms with Crippen molar-refractivity contribution >= 4 is 0 Å². The van der Waals surface area contributed by atoms with Gasteiger partial charge in [0, 0.05) is 18.3 Å². The minimum Gasteiger partial charge on any atom is -0.494 e. The van der Waals surface area contributed by atoms with Gasteiger partial charge in [-0.1, -0.05) is 12.1 Å². The number of aromatic nitrogens is 1. The highest BCUT2D eigenvalue weighted by atomic mass is 16.5. The molecule has 1 heterocycles. The van der Waals surface area contributed by atoms with Crippen LogP contribution < -0.4 is 10.5 Å².